The van der Waals surface area contributed by atoms with Gasteiger partial charge in [0, 0.05) is 23.7 Å². The molecule has 2 rings (SSSR count). The number of thioether (sulfide) groups is 1. The Morgan fingerprint density at radius 1 is 1.35 bits per heavy atom. The highest BCUT2D eigenvalue weighted by Crippen LogP contribution is 2.37. The fourth-order valence-electron chi connectivity index (χ4n) is 2.39. The van der Waals surface area contributed by atoms with Crippen LogP contribution in [0.15, 0.2) is 23.6 Å². The van der Waals surface area contributed by atoms with E-state index in [1.807, 2.05) is 30.2 Å². The molecule has 4 heteroatoms. The molecule has 0 aromatic carbocycles. The standard InChI is InChI=1S/C13H21N3S/c1-3-7-14-11-5-6-12(10(11)2)17-13-15-8-4-9-16-13/h4,8-12,14H,3,5-7H2,1-2H3. The lowest BCUT2D eigenvalue weighted by molar-refractivity contribution is 0.431. The Morgan fingerprint density at radius 3 is 2.82 bits per heavy atom. The van der Waals surface area contributed by atoms with Gasteiger partial charge in [0.05, 0.1) is 0 Å². The van der Waals surface area contributed by atoms with Gasteiger partial charge in [0.25, 0.3) is 0 Å². The summed E-state index contributed by atoms with van der Waals surface area (Å²) in [6, 6.07) is 2.55. The highest BCUT2D eigenvalue weighted by molar-refractivity contribution is 7.99. The average molecular weight is 251 g/mol. The molecule has 0 amide bonds. The predicted octanol–water partition coefficient (Wildman–Crippen LogP) is 2.74. The molecule has 3 nitrogen and oxygen atoms in total. The van der Waals surface area contributed by atoms with Crippen molar-refractivity contribution in [2.24, 2.45) is 5.92 Å². The SMILES string of the molecule is CCCNC1CCC(Sc2ncccn2)C1C. The molecule has 1 aliphatic rings. The van der Waals surface area contributed by atoms with Gasteiger partial charge >= 0.3 is 0 Å². The van der Waals surface area contributed by atoms with Crippen LogP contribution in [0, 0.1) is 5.92 Å². The van der Waals surface area contributed by atoms with Gasteiger partial charge in [0.2, 0.25) is 0 Å². The lowest BCUT2D eigenvalue weighted by Gasteiger charge is -2.20. The highest BCUT2D eigenvalue weighted by atomic mass is 32.2. The Bertz CT molecular complexity index is 331. The third-order valence-corrected chi connectivity index (χ3v) is 4.83. The zero-order valence-corrected chi connectivity index (χ0v) is 11.4. The van der Waals surface area contributed by atoms with Crippen molar-refractivity contribution in [1.82, 2.24) is 15.3 Å². The Morgan fingerprint density at radius 2 is 2.12 bits per heavy atom. The minimum atomic E-state index is 0.659. The van der Waals surface area contributed by atoms with Gasteiger partial charge in [0.15, 0.2) is 5.16 Å². The van der Waals surface area contributed by atoms with Crippen LogP contribution < -0.4 is 5.32 Å². The molecule has 17 heavy (non-hydrogen) atoms. The second-order valence-electron chi connectivity index (χ2n) is 4.68. The number of nitrogens with zero attached hydrogens (tertiary/aromatic N) is 2. The number of nitrogens with one attached hydrogen (secondary N) is 1. The van der Waals surface area contributed by atoms with E-state index in [9.17, 15) is 0 Å². The van der Waals surface area contributed by atoms with Gasteiger partial charge in [-0.1, -0.05) is 25.6 Å². The van der Waals surface area contributed by atoms with E-state index in [4.69, 9.17) is 0 Å². The summed E-state index contributed by atoms with van der Waals surface area (Å²) in [6.07, 6.45) is 7.41. The third kappa shape index (κ3) is 3.42. The molecule has 0 spiro atoms. The zero-order valence-electron chi connectivity index (χ0n) is 10.6. The summed E-state index contributed by atoms with van der Waals surface area (Å²) >= 11 is 1.83. The lowest BCUT2D eigenvalue weighted by Crippen LogP contribution is -2.33. The fraction of sp³-hybridized carbons (Fsp3) is 0.692. The molecule has 1 saturated carbocycles. The van der Waals surface area contributed by atoms with Gasteiger partial charge in [0.1, 0.15) is 0 Å². The van der Waals surface area contributed by atoms with Gasteiger partial charge in [-0.15, -0.1) is 0 Å². The third-order valence-electron chi connectivity index (χ3n) is 3.44. The van der Waals surface area contributed by atoms with E-state index in [2.05, 4.69) is 29.1 Å². The number of hydrogen-bond acceptors (Lipinski definition) is 4. The van der Waals surface area contributed by atoms with Crippen molar-refractivity contribution in [3.05, 3.63) is 18.5 Å². The van der Waals surface area contributed by atoms with Crippen LogP contribution in [0.2, 0.25) is 0 Å². The van der Waals surface area contributed by atoms with Crippen molar-refractivity contribution >= 4 is 11.8 Å². The van der Waals surface area contributed by atoms with Crippen LogP contribution in [-0.4, -0.2) is 27.8 Å². The number of hydrogen-bond donors (Lipinski definition) is 1. The predicted molar refractivity (Wildman–Crippen MR) is 72.2 cm³/mol. The van der Waals surface area contributed by atoms with Crippen LogP contribution in [-0.2, 0) is 0 Å². The van der Waals surface area contributed by atoms with Gasteiger partial charge in [-0.25, -0.2) is 9.97 Å². The van der Waals surface area contributed by atoms with E-state index < -0.39 is 0 Å². The molecule has 1 aromatic heterocycles. The maximum Gasteiger partial charge on any atom is 0.187 e. The van der Waals surface area contributed by atoms with E-state index >= 15 is 0 Å². The molecule has 94 valence electrons. The second kappa shape index (κ2) is 6.36. The Labute approximate surface area is 108 Å². The van der Waals surface area contributed by atoms with E-state index in [0.717, 1.165) is 11.7 Å². The van der Waals surface area contributed by atoms with Crippen LogP contribution >= 0.6 is 11.8 Å². The quantitative estimate of drug-likeness (QED) is 0.817. The summed E-state index contributed by atoms with van der Waals surface area (Å²) < 4.78 is 0. The molecular formula is C13H21N3S. The molecule has 1 heterocycles. The van der Waals surface area contributed by atoms with Crippen LogP contribution in [0.25, 0.3) is 0 Å². The molecule has 3 atom stereocenters. The second-order valence-corrected chi connectivity index (χ2v) is 5.89. The topological polar surface area (TPSA) is 37.8 Å². The summed E-state index contributed by atoms with van der Waals surface area (Å²) in [5.74, 6) is 0.704. The summed E-state index contributed by atoms with van der Waals surface area (Å²) in [4.78, 5) is 8.59. The summed E-state index contributed by atoms with van der Waals surface area (Å²) in [6.45, 7) is 5.70. The first kappa shape index (κ1) is 12.8. The largest absolute Gasteiger partial charge is 0.314 e. The summed E-state index contributed by atoms with van der Waals surface area (Å²) in [5.41, 5.74) is 0. The number of rotatable bonds is 5. The minimum absolute atomic E-state index is 0.659. The highest BCUT2D eigenvalue weighted by Gasteiger charge is 2.33. The van der Waals surface area contributed by atoms with Crippen LogP contribution in [0.1, 0.15) is 33.1 Å². The normalized spacial score (nSPS) is 28.5. The van der Waals surface area contributed by atoms with Gasteiger partial charge in [-0.2, -0.15) is 0 Å². The molecule has 1 fully saturated rings. The van der Waals surface area contributed by atoms with Crippen molar-refractivity contribution in [1.29, 1.82) is 0 Å². The smallest absolute Gasteiger partial charge is 0.187 e. The van der Waals surface area contributed by atoms with Gasteiger partial charge in [-0.3, -0.25) is 0 Å². The van der Waals surface area contributed by atoms with E-state index in [1.165, 1.54) is 19.3 Å². The molecular weight excluding hydrogens is 230 g/mol. The number of aromatic nitrogens is 2. The maximum absolute atomic E-state index is 4.30. The van der Waals surface area contributed by atoms with E-state index in [0.29, 0.717) is 17.2 Å². The van der Waals surface area contributed by atoms with Crippen molar-refractivity contribution < 1.29 is 0 Å². The zero-order chi connectivity index (χ0) is 12.1. The van der Waals surface area contributed by atoms with Crippen LogP contribution in [0.4, 0.5) is 0 Å². The first-order valence-corrected chi connectivity index (χ1v) is 7.36. The molecule has 0 saturated heterocycles. The minimum Gasteiger partial charge on any atom is -0.314 e. The molecule has 0 bridgehead atoms. The van der Waals surface area contributed by atoms with E-state index in [1.54, 1.807) is 0 Å². The Kier molecular flexibility index (Phi) is 4.80. The van der Waals surface area contributed by atoms with Crippen molar-refractivity contribution in [2.75, 3.05) is 6.54 Å². The van der Waals surface area contributed by atoms with Crippen molar-refractivity contribution in [3.8, 4) is 0 Å². The van der Waals surface area contributed by atoms with Crippen LogP contribution in [0.3, 0.4) is 0 Å². The first-order valence-electron chi connectivity index (χ1n) is 6.48. The average Bonchev–Trinajstić information content (AvgIpc) is 2.70. The maximum atomic E-state index is 4.30. The van der Waals surface area contributed by atoms with Gasteiger partial charge < -0.3 is 5.32 Å². The van der Waals surface area contributed by atoms with E-state index in [-0.39, 0.29) is 0 Å². The molecule has 1 aromatic rings. The molecule has 0 aliphatic heterocycles. The first-order chi connectivity index (χ1) is 8.31. The van der Waals surface area contributed by atoms with Gasteiger partial charge in [-0.05, 0) is 37.8 Å². The lowest BCUT2D eigenvalue weighted by atomic mass is 10.1. The van der Waals surface area contributed by atoms with Crippen LogP contribution in [0.5, 0.6) is 0 Å². The Balaban J connectivity index is 1.87. The van der Waals surface area contributed by atoms with Crippen molar-refractivity contribution in [2.45, 2.75) is 49.6 Å². The summed E-state index contributed by atoms with van der Waals surface area (Å²) in [7, 11) is 0. The Hall–Kier alpha value is -0.610. The molecule has 1 N–H and O–H groups in total. The fourth-order valence-corrected chi connectivity index (χ4v) is 3.57. The van der Waals surface area contributed by atoms with Crippen molar-refractivity contribution in [3.63, 3.8) is 0 Å². The molecule has 1 aliphatic carbocycles. The monoisotopic (exact) mass is 251 g/mol. The molecule has 3 unspecified atom stereocenters. The summed E-state index contributed by atoms with van der Waals surface area (Å²) in [5, 5.41) is 5.22. The molecule has 0 radical (unpaired) electrons.